The first kappa shape index (κ1) is 18.8. The van der Waals surface area contributed by atoms with E-state index in [9.17, 15) is 4.79 Å². The summed E-state index contributed by atoms with van der Waals surface area (Å²) in [6.45, 7) is 0. The van der Waals surface area contributed by atoms with E-state index in [1.54, 1.807) is 0 Å². The Balaban J connectivity index is 1.70. The van der Waals surface area contributed by atoms with Gasteiger partial charge in [-0.1, -0.05) is 36.1 Å². The second kappa shape index (κ2) is 8.24. The molecule has 29 heavy (non-hydrogen) atoms. The van der Waals surface area contributed by atoms with Gasteiger partial charge in [0, 0.05) is 16.8 Å². The number of aryl methyl sites for hydroxylation is 4. The molecule has 0 spiro atoms. The summed E-state index contributed by atoms with van der Waals surface area (Å²) in [6, 6.07) is 20.4. The third kappa shape index (κ3) is 4.33. The molecule has 4 aliphatic rings. The van der Waals surface area contributed by atoms with Gasteiger partial charge in [0.1, 0.15) is 0 Å². The molecule has 0 radical (unpaired) electrons. The third-order valence-corrected chi connectivity index (χ3v) is 5.37. The lowest BCUT2D eigenvalue weighted by molar-refractivity contribution is 0.0599. The maximum atomic E-state index is 12.3. The van der Waals surface area contributed by atoms with Crippen LogP contribution in [0.5, 0.6) is 0 Å². The summed E-state index contributed by atoms with van der Waals surface area (Å²) >= 11 is 0. The molecule has 2 N–H and O–H groups in total. The lowest BCUT2D eigenvalue weighted by atomic mass is 9.91. The number of hydrogen-bond donors (Lipinski definition) is 1. The molecule has 0 amide bonds. The Morgan fingerprint density at radius 2 is 1.48 bits per heavy atom. The zero-order valence-corrected chi connectivity index (χ0v) is 16.5. The minimum Gasteiger partial charge on any atom is -0.465 e. The molecular formula is C26H23NO2. The van der Waals surface area contributed by atoms with E-state index in [4.69, 9.17) is 10.5 Å². The summed E-state index contributed by atoms with van der Waals surface area (Å²) in [5.74, 6) is 6.34. The monoisotopic (exact) mass is 381 g/mol. The van der Waals surface area contributed by atoms with Crippen molar-refractivity contribution < 1.29 is 9.53 Å². The van der Waals surface area contributed by atoms with Crippen LogP contribution in [0.1, 0.15) is 43.7 Å². The number of rotatable bonds is 1. The number of esters is 1. The maximum Gasteiger partial charge on any atom is 0.338 e. The van der Waals surface area contributed by atoms with Gasteiger partial charge in [0.05, 0.1) is 12.7 Å². The van der Waals surface area contributed by atoms with Gasteiger partial charge in [0.15, 0.2) is 0 Å². The van der Waals surface area contributed by atoms with E-state index in [2.05, 4.69) is 42.2 Å². The van der Waals surface area contributed by atoms with E-state index < -0.39 is 0 Å². The summed E-state index contributed by atoms with van der Waals surface area (Å²) in [5.41, 5.74) is 13.8. The number of carbonyl (C=O) groups is 1. The van der Waals surface area contributed by atoms with E-state index in [1.165, 1.54) is 18.2 Å². The zero-order valence-electron chi connectivity index (χ0n) is 16.5. The third-order valence-electron chi connectivity index (χ3n) is 5.37. The number of anilines is 1. The van der Waals surface area contributed by atoms with Crippen LogP contribution in [0, 0.1) is 11.8 Å². The van der Waals surface area contributed by atoms with Crippen LogP contribution < -0.4 is 5.73 Å². The van der Waals surface area contributed by atoms with Crippen LogP contribution in [-0.4, -0.2) is 13.1 Å². The molecule has 0 unspecified atom stereocenters. The van der Waals surface area contributed by atoms with Gasteiger partial charge in [-0.25, -0.2) is 4.79 Å². The Bertz CT molecular complexity index is 1120. The highest BCUT2D eigenvalue weighted by Crippen LogP contribution is 2.22. The lowest BCUT2D eigenvalue weighted by Gasteiger charge is -2.14. The van der Waals surface area contributed by atoms with Crippen molar-refractivity contribution in [1.29, 1.82) is 0 Å². The Hall–Kier alpha value is -3.51. The van der Waals surface area contributed by atoms with Crippen LogP contribution in [-0.2, 0) is 30.4 Å². The number of nitrogen functional groups attached to an aromatic ring is 1. The van der Waals surface area contributed by atoms with E-state index in [0.717, 1.165) is 53.6 Å². The molecule has 3 heteroatoms. The average Bonchev–Trinajstić information content (AvgIpc) is 2.74. The first-order valence-electron chi connectivity index (χ1n) is 9.82. The summed E-state index contributed by atoms with van der Waals surface area (Å²) < 4.78 is 5.00. The molecule has 0 aromatic heterocycles. The summed E-state index contributed by atoms with van der Waals surface area (Å²) in [7, 11) is 1.44. The first-order chi connectivity index (χ1) is 14.1. The fourth-order valence-electron chi connectivity index (χ4n) is 3.67. The molecule has 4 bridgehead atoms. The molecule has 3 aromatic carbocycles. The SMILES string of the molecule is COC(=O)c1cc2ccc1CCc1ccc(cc1C#Cc1ccc(N)cc1)CC2. The van der Waals surface area contributed by atoms with Crippen molar-refractivity contribution in [2.24, 2.45) is 0 Å². The number of benzene rings is 3. The van der Waals surface area contributed by atoms with Crippen molar-refractivity contribution in [2.45, 2.75) is 25.7 Å². The van der Waals surface area contributed by atoms with Crippen LogP contribution >= 0.6 is 0 Å². The van der Waals surface area contributed by atoms with Crippen molar-refractivity contribution in [3.63, 3.8) is 0 Å². The molecule has 0 fully saturated rings. The lowest BCUT2D eigenvalue weighted by Crippen LogP contribution is -2.09. The van der Waals surface area contributed by atoms with Crippen molar-refractivity contribution in [3.05, 3.63) is 99.6 Å². The van der Waals surface area contributed by atoms with Crippen LogP contribution in [0.25, 0.3) is 0 Å². The van der Waals surface area contributed by atoms with E-state index in [0.29, 0.717) is 5.56 Å². The smallest absolute Gasteiger partial charge is 0.338 e. The predicted molar refractivity (Wildman–Crippen MR) is 116 cm³/mol. The number of nitrogens with two attached hydrogens (primary N) is 1. The van der Waals surface area contributed by atoms with E-state index in [1.807, 2.05) is 30.3 Å². The minimum atomic E-state index is -0.267. The van der Waals surface area contributed by atoms with Gasteiger partial charge < -0.3 is 10.5 Å². The summed E-state index contributed by atoms with van der Waals surface area (Å²) in [4.78, 5) is 12.3. The van der Waals surface area contributed by atoms with E-state index >= 15 is 0 Å². The molecule has 3 nitrogen and oxygen atoms in total. The van der Waals surface area contributed by atoms with Crippen molar-refractivity contribution in [3.8, 4) is 11.8 Å². The average molecular weight is 381 g/mol. The molecule has 0 saturated heterocycles. The van der Waals surface area contributed by atoms with Crippen molar-refractivity contribution in [2.75, 3.05) is 12.8 Å². The van der Waals surface area contributed by atoms with Crippen LogP contribution in [0.4, 0.5) is 5.69 Å². The van der Waals surface area contributed by atoms with Crippen LogP contribution in [0.15, 0.2) is 60.7 Å². The molecule has 0 heterocycles. The van der Waals surface area contributed by atoms with Crippen LogP contribution in [0.3, 0.4) is 0 Å². The fraction of sp³-hybridized carbons (Fsp3) is 0.192. The number of carbonyl (C=O) groups excluding carboxylic acids is 1. The number of hydrogen-bond acceptors (Lipinski definition) is 3. The second-order valence-corrected chi connectivity index (χ2v) is 7.35. The zero-order chi connectivity index (χ0) is 20.2. The Morgan fingerprint density at radius 1 is 0.828 bits per heavy atom. The molecule has 3 aromatic rings. The Morgan fingerprint density at radius 3 is 2.21 bits per heavy atom. The largest absolute Gasteiger partial charge is 0.465 e. The van der Waals surface area contributed by atoms with Crippen LogP contribution in [0.2, 0.25) is 0 Å². The van der Waals surface area contributed by atoms with Gasteiger partial charge in [-0.2, -0.15) is 0 Å². The molecule has 0 aliphatic heterocycles. The highest BCUT2D eigenvalue weighted by Gasteiger charge is 2.15. The summed E-state index contributed by atoms with van der Waals surface area (Å²) in [6.07, 6.45) is 3.35. The highest BCUT2D eigenvalue weighted by molar-refractivity contribution is 5.91. The summed E-state index contributed by atoms with van der Waals surface area (Å²) in [5, 5.41) is 0. The molecule has 4 aliphatic carbocycles. The van der Waals surface area contributed by atoms with Gasteiger partial charge in [-0.15, -0.1) is 0 Å². The normalized spacial score (nSPS) is 12.4. The van der Waals surface area contributed by atoms with E-state index in [-0.39, 0.29) is 5.97 Å². The Kier molecular flexibility index (Phi) is 5.35. The van der Waals surface area contributed by atoms with Gasteiger partial charge in [-0.3, -0.25) is 0 Å². The van der Waals surface area contributed by atoms with Gasteiger partial charge in [0.25, 0.3) is 0 Å². The molecule has 0 atom stereocenters. The second-order valence-electron chi connectivity index (χ2n) is 7.35. The highest BCUT2D eigenvalue weighted by atomic mass is 16.5. The van der Waals surface area contributed by atoms with Crippen molar-refractivity contribution >= 4 is 11.7 Å². The van der Waals surface area contributed by atoms with Gasteiger partial charge >= 0.3 is 5.97 Å². The quantitative estimate of drug-likeness (QED) is 0.388. The molecule has 7 rings (SSSR count). The fourth-order valence-corrected chi connectivity index (χ4v) is 3.67. The first-order valence-corrected chi connectivity index (χ1v) is 9.82. The Labute approximate surface area is 171 Å². The molecular weight excluding hydrogens is 358 g/mol. The van der Waals surface area contributed by atoms with Crippen molar-refractivity contribution in [1.82, 2.24) is 0 Å². The molecule has 0 saturated carbocycles. The standard InChI is InChI=1S/C26H23NO2/c1-29-26(28)25-17-20-3-2-19-5-9-21(12-13-22(25)10-6-20)23(16-19)11-4-18-7-14-24(27)15-8-18/h5-10,14-17H,2-3,12-13,27H2,1H3. The van der Waals surface area contributed by atoms with Gasteiger partial charge in [0.2, 0.25) is 0 Å². The topological polar surface area (TPSA) is 52.3 Å². The van der Waals surface area contributed by atoms with Gasteiger partial charge in [-0.05, 0) is 84.3 Å². The predicted octanol–water partition coefficient (Wildman–Crippen LogP) is 4.34. The minimum absolute atomic E-state index is 0.267. The number of ether oxygens (including phenoxy) is 1. The maximum absolute atomic E-state index is 12.3. The number of methoxy groups -OCH3 is 1. The molecule has 144 valence electrons.